The first-order valence-corrected chi connectivity index (χ1v) is 9.03. The summed E-state index contributed by atoms with van der Waals surface area (Å²) in [6, 6.07) is 9.62. The Balaban J connectivity index is 1.57. The van der Waals surface area contributed by atoms with E-state index in [9.17, 15) is 9.18 Å². The van der Waals surface area contributed by atoms with Crippen LogP contribution in [0.25, 0.3) is 11.4 Å². The molecule has 3 aromatic rings. The van der Waals surface area contributed by atoms with Crippen molar-refractivity contribution >= 4 is 34.8 Å². The zero-order chi connectivity index (χ0) is 19.1. The van der Waals surface area contributed by atoms with Gasteiger partial charge in [-0.15, -0.1) is 0 Å². The molecule has 2 aromatic carbocycles. The second-order valence-electron chi connectivity index (χ2n) is 6.42. The van der Waals surface area contributed by atoms with E-state index in [2.05, 4.69) is 10.1 Å². The van der Waals surface area contributed by atoms with Crippen molar-refractivity contribution < 1.29 is 13.7 Å². The highest BCUT2D eigenvalue weighted by Gasteiger charge is 2.35. The summed E-state index contributed by atoms with van der Waals surface area (Å²) in [4.78, 5) is 18.6. The zero-order valence-electron chi connectivity index (χ0n) is 14.2. The fourth-order valence-electron chi connectivity index (χ4n) is 3.18. The summed E-state index contributed by atoms with van der Waals surface area (Å²) in [5, 5.41) is 4.55. The first kappa shape index (κ1) is 17.9. The maximum atomic E-state index is 13.3. The van der Waals surface area contributed by atoms with E-state index < -0.39 is 5.82 Å². The van der Waals surface area contributed by atoms with Crippen LogP contribution in [0.15, 0.2) is 40.9 Å². The van der Waals surface area contributed by atoms with E-state index in [-0.39, 0.29) is 23.3 Å². The van der Waals surface area contributed by atoms with Gasteiger partial charge in [-0.25, -0.2) is 4.39 Å². The van der Waals surface area contributed by atoms with Gasteiger partial charge in [-0.05, 0) is 48.9 Å². The van der Waals surface area contributed by atoms with Crippen LogP contribution >= 0.6 is 23.2 Å². The van der Waals surface area contributed by atoms with Crippen LogP contribution in [0.5, 0.6) is 0 Å². The molecule has 5 nitrogen and oxygen atoms in total. The van der Waals surface area contributed by atoms with Gasteiger partial charge in [0.05, 0.1) is 10.9 Å². The van der Waals surface area contributed by atoms with E-state index in [0.29, 0.717) is 28.8 Å². The lowest BCUT2D eigenvalue weighted by molar-refractivity contribution is -0.117. The number of carbonyl (C=O) groups excluding carboxylic acids is 1. The van der Waals surface area contributed by atoms with Crippen LogP contribution in [0.3, 0.4) is 0 Å². The van der Waals surface area contributed by atoms with E-state index in [0.717, 1.165) is 11.3 Å². The normalized spacial score (nSPS) is 17.0. The lowest BCUT2D eigenvalue weighted by Gasteiger charge is -2.18. The molecule has 0 N–H and O–H groups in total. The Labute approximate surface area is 164 Å². The van der Waals surface area contributed by atoms with Crippen molar-refractivity contribution in [3.05, 3.63) is 63.7 Å². The highest BCUT2D eigenvalue weighted by atomic mass is 35.5. The molecule has 1 fully saturated rings. The van der Waals surface area contributed by atoms with Gasteiger partial charge in [0.15, 0.2) is 0 Å². The Bertz CT molecular complexity index is 1040. The van der Waals surface area contributed by atoms with Crippen molar-refractivity contribution in [2.45, 2.75) is 19.3 Å². The third-order valence-electron chi connectivity index (χ3n) is 4.54. The van der Waals surface area contributed by atoms with Gasteiger partial charge in [-0.3, -0.25) is 4.79 Å². The summed E-state index contributed by atoms with van der Waals surface area (Å²) in [6.45, 7) is 2.35. The van der Waals surface area contributed by atoms with Gasteiger partial charge in [0.1, 0.15) is 5.82 Å². The molecule has 1 saturated heterocycles. The summed E-state index contributed by atoms with van der Waals surface area (Å²) in [5.74, 6) is -0.0763. The van der Waals surface area contributed by atoms with Crippen LogP contribution in [0.2, 0.25) is 10.0 Å². The maximum absolute atomic E-state index is 13.3. The Kier molecular flexibility index (Phi) is 4.61. The molecule has 4 rings (SSSR count). The summed E-state index contributed by atoms with van der Waals surface area (Å²) in [5.41, 5.74) is 2.28. The molecular formula is C19H14Cl2FN3O2. The highest BCUT2D eigenvalue weighted by Crippen LogP contribution is 2.34. The van der Waals surface area contributed by atoms with Crippen molar-refractivity contribution in [2.75, 3.05) is 11.4 Å². The van der Waals surface area contributed by atoms with Gasteiger partial charge >= 0.3 is 0 Å². The van der Waals surface area contributed by atoms with Gasteiger partial charge < -0.3 is 9.42 Å². The number of aryl methyl sites for hydroxylation is 1. The number of carbonyl (C=O) groups is 1. The van der Waals surface area contributed by atoms with Crippen molar-refractivity contribution in [2.24, 2.45) is 0 Å². The minimum absolute atomic E-state index is 0.0146. The molecule has 2 heterocycles. The molecule has 138 valence electrons. The van der Waals surface area contributed by atoms with Gasteiger partial charge in [0.25, 0.3) is 0 Å². The van der Waals surface area contributed by atoms with E-state index in [1.54, 1.807) is 11.0 Å². The summed E-state index contributed by atoms with van der Waals surface area (Å²) in [6.07, 6.45) is 0.272. The largest absolute Gasteiger partial charge is 0.339 e. The maximum Gasteiger partial charge on any atom is 0.232 e. The lowest BCUT2D eigenvalue weighted by Crippen LogP contribution is -2.25. The monoisotopic (exact) mass is 405 g/mol. The van der Waals surface area contributed by atoms with Gasteiger partial charge in [0.2, 0.25) is 17.6 Å². The molecule has 0 saturated carbocycles. The van der Waals surface area contributed by atoms with Gasteiger partial charge in [0, 0.05) is 29.2 Å². The second-order valence-corrected chi connectivity index (χ2v) is 7.26. The van der Waals surface area contributed by atoms with Crippen LogP contribution in [-0.2, 0) is 4.79 Å². The van der Waals surface area contributed by atoms with Crippen molar-refractivity contribution in [1.82, 2.24) is 10.1 Å². The fraction of sp³-hybridized carbons (Fsp3) is 0.211. The molecular weight excluding hydrogens is 392 g/mol. The molecule has 0 aliphatic carbocycles. The molecule has 1 atom stereocenters. The number of hydrogen-bond acceptors (Lipinski definition) is 4. The molecule has 8 heteroatoms. The SMILES string of the molecule is Cc1cc(Cl)ccc1N1CC(c2nc(-c3ccc(F)c(Cl)c3)no2)CC1=O. The van der Waals surface area contributed by atoms with Crippen molar-refractivity contribution in [1.29, 1.82) is 0 Å². The van der Waals surface area contributed by atoms with Crippen molar-refractivity contribution in [3.8, 4) is 11.4 Å². The van der Waals surface area contributed by atoms with E-state index in [1.807, 2.05) is 19.1 Å². The number of rotatable bonds is 3. The molecule has 0 bridgehead atoms. The number of anilines is 1. The Morgan fingerprint density at radius 3 is 2.78 bits per heavy atom. The minimum Gasteiger partial charge on any atom is -0.339 e. The number of nitrogens with zero attached hydrogens (tertiary/aromatic N) is 3. The van der Waals surface area contributed by atoms with Gasteiger partial charge in [-0.1, -0.05) is 28.4 Å². The zero-order valence-corrected chi connectivity index (χ0v) is 15.8. The average Bonchev–Trinajstić information content (AvgIpc) is 3.25. The Hall–Kier alpha value is -2.44. The summed E-state index contributed by atoms with van der Waals surface area (Å²) >= 11 is 11.8. The van der Waals surface area contributed by atoms with Crippen LogP contribution in [0.1, 0.15) is 23.8 Å². The predicted octanol–water partition coefficient (Wildman–Crippen LogP) is 5.01. The van der Waals surface area contributed by atoms with Crippen LogP contribution in [-0.4, -0.2) is 22.6 Å². The van der Waals surface area contributed by atoms with E-state index in [1.165, 1.54) is 18.2 Å². The predicted molar refractivity (Wildman–Crippen MR) is 101 cm³/mol. The molecule has 27 heavy (non-hydrogen) atoms. The third kappa shape index (κ3) is 3.42. The smallest absolute Gasteiger partial charge is 0.232 e. The molecule has 1 aliphatic heterocycles. The molecule has 0 spiro atoms. The molecule has 1 aliphatic rings. The standard InChI is InChI=1S/C19H14Cl2FN3O2/c1-10-6-13(20)3-5-16(10)25-9-12(8-17(25)26)19-23-18(24-27-19)11-2-4-15(22)14(21)7-11/h2-7,12H,8-9H2,1H3. The summed E-state index contributed by atoms with van der Waals surface area (Å²) < 4.78 is 18.7. The average molecular weight is 406 g/mol. The van der Waals surface area contributed by atoms with Crippen LogP contribution in [0.4, 0.5) is 10.1 Å². The Morgan fingerprint density at radius 2 is 2.04 bits per heavy atom. The Morgan fingerprint density at radius 1 is 1.22 bits per heavy atom. The van der Waals surface area contributed by atoms with Gasteiger partial charge in [-0.2, -0.15) is 4.98 Å². The second kappa shape index (κ2) is 6.94. The lowest BCUT2D eigenvalue weighted by atomic mass is 10.1. The number of benzene rings is 2. The van der Waals surface area contributed by atoms with E-state index >= 15 is 0 Å². The third-order valence-corrected chi connectivity index (χ3v) is 5.07. The van der Waals surface area contributed by atoms with Crippen LogP contribution < -0.4 is 4.90 Å². The first-order chi connectivity index (χ1) is 12.9. The fourth-order valence-corrected chi connectivity index (χ4v) is 3.59. The number of amides is 1. The minimum atomic E-state index is -0.514. The van der Waals surface area contributed by atoms with E-state index in [4.69, 9.17) is 27.7 Å². The molecule has 1 amide bonds. The quantitative estimate of drug-likeness (QED) is 0.614. The number of halogens is 3. The molecule has 1 unspecified atom stereocenters. The topological polar surface area (TPSA) is 59.2 Å². The highest BCUT2D eigenvalue weighted by molar-refractivity contribution is 6.31. The molecule has 1 aromatic heterocycles. The van der Waals surface area contributed by atoms with Crippen LogP contribution in [0, 0.1) is 12.7 Å². The summed E-state index contributed by atoms with van der Waals surface area (Å²) in [7, 11) is 0. The molecule has 0 radical (unpaired) electrons. The number of aromatic nitrogens is 2. The van der Waals surface area contributed by atoms with Crippen molar-refractivity contribution in [3.63, 3.8) is 0 Å². The first-order valence-electron chi connectivity index (χ1n) is 8.28. The number of hydrogen-bond donors (Lipinski definition) is 0.